The van der Waals surface area contributed by atoms with E-state index in [2.05, 4.69) is 52.0 Å². The second kappa shape index (κ2) is 7.22. The lowest BCUT2D eigenvalue weighted by Crippen LogP contribution is -2.06. The molecule has 3 aromatic rings. The Hall–Kier alpha value is -1.78. The van der Waals surface area contributed by atoms with Gasteiger partial charge in [0.15, 0.2) is 5.16 Å². The Labute approximate surface area is 157 Å². The summed E-state index contributed by atoms with van der Waals surface area (Å²) in [5.74, 6) is 1.69. The summed E-state index contributed by atoms with van der Waals surface area (Å²) >= 11 is 8.09. The summed E-state index contributed by atoms with van der Waals surface area (Å²) in [6, 6.07) is 18.5. The molecule has 128 valence electrons. The van der Waals surface area contributed by atoms with Crippen LogP contribution in [0.5, 0.6) is 0 Å². The fourth-order valence-corrected chi connectivity index (χ4v) is 4.36. The van der Waals surface area contributed by atoms with E-state index in [9.17, 15) is 0 Å². The first-order valence-corrected chi connectivity index (χ1v) is 9.86. The highest BCUT2D eigenvalue weighted by molar-refractivity contribution is 7.99. The average Bonchev–Trinajstić information content (AvgIpc) is 3.40. The highest BCUT2D eigenvalue weighted by Gasteiger charge is 2.31. The fraction of sp³-hybridized carbons (Fsp3) is 0.300. The molecule has 3 nitrogen and oxygen atoms in total. The Bertz CT molecular complexity index is 858. The van der Waals surface area contributed by atoms with Gasteiger partial charge in [-0.05, 0) is 37.0 Å². The fourth-order valence-electron chi connectivity index (χ4n) is 2.97. The molecular formula is C20H20ClN3S. The summed E-state index contributed by atoms with van der Waals surface area (Å²) in [5.41, 5.74) is 2.41. The van der Waals surface area contributed by atoms with Crippen molar-refractivity contribution in [3.63, 3.8) is 0 Å². The van der Waals surface area contributed by atoms with Crippen LogP contribution in [0, 0.1) is 0 Å². The summed E-state index contributed by atoms with van der Waals surface area (Å²) in [6.45, 7) is 2.99. The molecule has 1 aliphatic carbocycles. The Morgan fingerprint density at radius 3 is 2.52 bits per heavy atom. The van der Waals surface area contributed by atoms with E-state index in [1.165, 1.54) is 18.4 Å². The zero-order valence-electron chi connectivity index (χ0n) is 14.1. The van der Waals surface area contributed by atoms with Crippen LogP contribution in [0.1, 0.15) is 47.9 Å². The lowest BCUT2D eigenvalue weighted by atomic mass is 10.2. The zero-order chi connectivity index (χ0) is 17.2. The molecule has 0 bridgehead atoms. The Kier molecular flexibility index (Phi) is 4.82. The third kappa shape index (κ3) is 3.75. The quantitative estimate of drug-likeness (QED) is 0.521. The number of thioether (sulfide) groups is 1. The van der Waals surface area contributed by atoms with Crippen LogP contribution < -0.4 is 0 Å². The van der Waals surface area contributed by atoms with Crippen molar-refractivity contribution in [2.75, 3.05) is 0 Å². The van der Waals surface area contributed by atoms with Gasteiger partial charge in [-0.1, -0.05) is 71.9 Å². The van der Waals surface area contributed by atoms with Gasteiger partial charge < -0.3 is 4.57 Å². The van der Waals surface area contributed by atoms with Crippen molar-refractivity contribution in [3.05, 3.63) is 76.6 Å². The van der Waals surface area contributed by atoms with Crippen LogP contribution in [0.15, 0.2) is 59.8 Å². The maximum atomic E-state index is 6.36. The second-order valence-corrected chi connectivity index (χ2v) is 8.18. The van der Waals surface area contributed by atoms with E-state index in [1.807, 2.05) is 24.3 Å². The molecule has 1 heterocycles. The molecule has 1 saturated carbocycles. The third-order valence-corrected chi connectivity index (χ3v) is 5.96. The molecule has 0 amide bonds. The normalized spacial score (nSPS) is 15.3. The van der Waals surface area contributed by atoms with E-state index in [0.717, 1.165) is 28.1 Å². The van der Waals surface area contributed by atoms with Gasteiger partial charge in [0.1, 0.15) is 5.82 Å². The van der Waals surface area contributed by atoms with Gasteiger partial charge >= 0.3 is 0 Å². The van der Waals surface area contributed by atoms with E-state index < -0.39 is 0 Å². The first-order valence-electron chi connectivity index (χ1n) is 8.60. The summed E-state index contributed by atoms with van der Waals surface area (Å²) in [5, 5.41) is 11.0. The van der Waals surface area contributed by atoms with Crippen molar-refractivity contribution in [1.82, 2.24) is 14.8 Å². The van der Waals surface area contributed by atoms with Gasteiger partial charge in [-0.3, -0.25) is 0 Å². The van der Waals surface area contributed by atoms with Gasteiger partial charge in [-0.15, -0.1) is 10.2 Å². The highest BCUT2D eigenvalue weighted by atomic mass is 35.5. The van der Waals surface area contributed by atoms with Crippen molar-refractivity contribution >= 4 is 23.4 Å². The molecule has 0 unspecified atom stereocenters. The van der Waals surface area contributed by atoms with Crippen molar-refractivity contribution < 1.29 is 0 Å². The first-order chi connectivity index (χ1) is 12.2. The molecule has 1 atom stereocenters. The van der Waals surface area contributed by atoms with Gasteiger partial charge in [0, 0.05) is 16.2 Å². The number of nitrogens with zero attached hydrogens (tertiary/aromatic N) is 3. The van der Waals surface area contributed by atoms with Gasteiger partial charge in [-0.25, -0.2) is 0 Å². The lowest BCUT2D eigenvalue weighted by Gasteiger charge is -2.15. The SMILES string of the molecule is C[C@@H](Sc1nnc(C2CC2)n1Cc1ccccc1)c1ccccc1Cl. The number of halogens is 1. The Balaban J connectivity index is 1.62. The molecular weight excluding hydrogens is 350 g/mol. The van der Waals surface area contributed by atoms with Gasteiger partial charge in [0.25, 0.3) is 0 Å². The standard InChI is InChI=1S/C20H20ClN3S/c1-14(17-9-5-6-10-18(17)21)25-20-23-22-19(16-11-12-16)24(20)13-15-7-3-2-4-8-15/h2-10,14,16H,11-13H2,1H3/t14-/m1/s1. The molecule has 4 rings (SSSR count). The van der Waals surface area contributed by atoms with Crippen molar-refractivity contribution in [2.45, 2.75) is 42.6 Å². The average molecular weight is 370 g/mol. The Morgan fingerprint density at radius 1 is 1.08 bits per heavy atom. The van der Waals surface area contributed by atoms with Crippen LogP contribution in [0.25, 0.3) is 0 Å². The monoisotopic (exact) mass is 369 g/mol. The van der Waals surface area contributed by atoms with E-state index in [-0.39, 0.29) is 5.25 Å². The van der Waals surface area contributed by atoms with Gasteiger partial charge in [0.05, 0.1) is 6.54 Å². The number of benzene rings is 2. The minimum absolute atomic E-state index is 0.222. The largest absolute Gasteiger partial charge is 0.301 e. The molecule has 0 saturated heterocycles. The predicted octanol–water partition coefficient (Wildman–Crippen LogP) is 5.71. The van der Waals surface area contributed by atoms with Crippen molar-refractivity contribution in [3.8, 4) is 0 Å². The third-order valence-electron chi connectivity index (χ3n) is 4.50. The van der Waals surface area contributed by atoms with Gasteiger partial charge in [0.2, 0.25) is 0 Å². The molecule has 1 fully saturated rings. The molecule has 1 aromatic heterocycles. The maximum absolute atomic E-state index is 6.36. The smallest absolute Gasteiger partial charge is 0.192 e. The van der Waals surface area contributed by atoms with Gasteiger partial charge in [-0.2, -0.15) is 0 Å². The topological polar surface area (TPSA) is 30.7 Å². The molecule has 0 spiro atoms. The summed E-state index contributed by atoms with van der Waals surface area (Å²) in [6.07, 6.45) is 2.44. The lowest BCUT2D eigenvalue weighted by molar-refractivity contribution is 0.666. The zero-order valence-corrected chi connectivity index (χ0v) is 15.7. The van der Waals surface area contributed by atoms with Crippen molar-refractivity contribution in [1.29, 1.82) is 0 Å². The first kappa shape index (κ1) is 16.7. The molecule has 0 aliphatic heterocycles. The van der Waals surface area contributed by atoms with E-state index in [4.69, 9.17) is 11.6 Å². The van der Waals surface area contributed by atoms with E-state index in [1.54, 1.807) is 11.8 Å². The summed E-state index contributed by atoms with van der Waals surface area (Å²) in [4.78, 5) is 0. The minimum Gasteiger partial charge on any atom is -0.301 e. The Morgan fingerprint density at radius 2 is 1.80 bits per heavy atom. The summed E-state index contributed by atoms with van der Waals surface area (Å²) < 4.78 is 2.28. The molecule has 0 radical (unpaired) electrons. The maximum Gasteiger partial charge on any atom is 0.192 e. The highest BCUT2D eigenvalue weighted by Crippen LogP contribution is 2.42. The number of aromatic nitrogens is 3. The van der Waals surface area contributed by atoms with Crippen LogP contribution in [0.3, 0.4) is 0 Å². The predicted molar refractivity (Wildman–Crippen MR) is 103 cm³/mol. The molecule has 2 aromatic carbocycles. The molecule has 5 heteroatoms. The van der Waals surface area contributed by atoms with Crippen LogP contribution in [-0.4, -0.2) is 14.8 Å². The molecule has 25 heavy (non-hydrogen) atoms. The van der Waals surface area contributed by atoms with Crippen LogP contribution in [0.4, 0.5) is 0 Å². The number of hydrogen-bond donors (Lipinski definition) is 0. The van der Waals surface area contributed by atoms with Crippen molar-refractivity contribution in [2.24, 2.45) is 0 Å². The van der Waals surface area contributed by atoms with Crippen LogP contribution in [-0.2, 0) is 6.54 Å². The molecule has 1 aliphatic rings. The minimum atomic E-state index is 0.222. The van der Waals surface area contributed by atoms with E-state index in [0.29, 0.717) is 5.92 Å². The van der Waals surface area contributed by atoms with E-state index >= 15 is 0 Å². The second-order valence-electron chi connectivity index (χ2n) is 6.47. The summed E-state index contributed by atoms with van der Waals surface area (Å²) in [7, 11) is 0. The number of rotatable bonds is 6. The van der Waals surface area contributed by atoms with Crippen LogP contribution in [0.2, 0.25) is 5.02 Å². The number of hydrogen-bond acceptors (Lipinski definition) is 3. The van der Waals surface area contributed by atoms with Crippen LogP contribution >= 0.6 is 23.4 Å². The molecule has 0 N–H and O–H groups in total.